The van der Waals surface area contributed by atoms with Crippen LogP contribution in [-0.2, 0) is 28.6 Å². The van der Waals surface area contributed by atoms with Gasteiger partial charge >= 0.3 is 17.9 Å². The lowest BCUT2D eigenvalue weighted by atomic mass is 10.0. The van der Waals surface area contributed by atoms with Gasteiger partial charge < -0.3 is 14.2 Å². The van der Waals surface area contributed by atoms with E-state index in [2.05, 4.69) is 27.7 Å². The predicted molar refractivity (Wildman–Crippen MR) is 229 cm³/mol. The third-order valence-corrected chi connectivity index (χ3v) is 10.8. The topological polar surface area (TPSA) is 78.9 Å². The summed E-state index contributed by atoms with van der Waals surface area (Å²) in [5.41, 5.74) is 0. The highest BCUT2D eigenvalue weighted by atomic mass is 16.6. The molecule has 0 spiro atoms. The minimum Gasteiger partial charge on any atom is -0.462 e. The Morgan fingerprint density at radius 2 is 0.611 bits per heavy atom. The molecule has 0 aromatic heterocycles. The fourth-order valence-corrected chi connectivity index (χ4v) is 7.16. The van der Waals surface area contributed by atoms with Crippen molar-refractivity contribution in [3.63, 3.8) is 0 Å². The summed E-state index contributed by atoms with van der Waals surface area (Å²) in [5.74, 6) is -0.0458. The van der Waals surface area contributed by atoms with E-state index in [1.165, 1.54) is 161 Å². The van der Waals surface area contributed by atoms with Crippen LogP contribution < -0.4 is 0 Å². The average molecular weight is 765 g/mol. The van der Waals surface area contributed by atoms with Crippen molar-refractivity contribution in [1.29, 1.82) is 0 Å². The van der Waals surface area contributed by atoms with Gasteiger partial charge in [-0.15, -0.1) is 0 Å². The van der Waals surface area contributed by atoms with Gasteiger partial charge in [0.05, 0.1) is 0 Å². The molecule has 0 radical (unpaired) electrons. The standard InChI is InChI=1S/C48H92O6/c1-5-7-9-11-13-15-17-18-20-24-28-32-36-40-47(50)53-43-45(42-52-46(49)39-35-31-27-23-19-16-14-12-10-8-6-2)54-48(51)41-37-33-29-25-21-22-26-30-34-38-44(3)4/h44-45H,5-43H2,1-4H3/t45-/m1/s1. The normalized spacial score (nSPS) is 11.9. The Hall–Kier alpha value is -1.59. The van der Waals surface area contributed by atoms with Crippen molar-refractivity contribution >= 4 is 17.9 Å². The van der Waals surface area contributed by atoms with Crippen LogP contribution in [-0.4, -0.2) is 37.2 Å². The second-order valence-corrected chi connectivity index (χ2v) is 16.9. The molecule has 320 valence electrons. The van der Waals surface area contributed by atoms with E-state index in [4.69, 9.17) is 14.2 Å². The SMILES string of the molecule is CCCCCCCCCCCCCCCC(=O)OC[C@@H](COC(=O)CCCCCCCCCCCCC)OC(=O)CCCCCCCCCCCC(C)C. The Labute approximate surface area is 336 Å². The highest BCUT2D eigenvalue weighted by molar-refractivity contribution is 5.71. The summed E-state index contributed by atoms with van der Waals surface area (Å²) < 4.78 is 16.7. The first-order valence-electron chi connectivity index (χ1n) is 23.9. The van der Waals surface area contributed by atoms with Crippen molar-refractivity contribution in [2.75, 3.05) is 13.2 Å². The maximum absolute atomic E-state index is 12.7. The lowest BCUT2D eigenvalue weighted by molar-refractivity contribution is -0.167. The molecule has 6 nitrogen and oxygen atoms in total. The van der Waals surface area contributed by atoms with Crippen LogP contribution in [0.4, 0.5) is 0 Å². The van der Waals surface area contributed by atoms with Crippen molar-refractivity contribution < 1.29 is 28.6 Å². The molecule has 6 heteroatoms. The Morgan fingerprint density at radius 3 is 0.907 bits per heavy atom. The van der Waals surface area contributed by atoms with Gasteiger partial charge in [-0.2, -0.15) is 0 Å². The minimum absolute atomic E-state index is 0.0636. The molecule has 0 saturated heterocycles. The summed E-state index contributed by atoms with van der Waals surface area (Å²) in [5, 5.41) is 0. The van der Waals surface area contributed by atoms with Gasteiger partial charge in [0, 0.05) is 19.3 Å². The second-order valence-electron chi connectivity index (χ2n) is 16.9. The summed E-state index contributed by atoms with van der Waals surface area (Å²) in [6, 6.07) is 0. The average Bonchev–Trinajstić information content (AvgIpc) is 3.15. The molecule has 0 N–H and O–H groups in total. The van der Waals surface area contributed by atoms with Crippen LogP contribution in [0.1, 0.15) is 265 Å². The molecule has 0 fully saturated rings. The number of carbonyl (C=O) groups is 3. The van der Waals surface area contributed by atoms with Crippen molar-refractivity contribution in [2.45, 2.75) is 271 Å². The molecule has 0 aliphatic rings. The lowest BCUT2D eigenvalue weighted by Gasteiger charge is -2.18. The second kappa shape index (κ2) is 42.6. The highest BCUT2D eigenvalue weighted by Gasteiger charge is 2.19. The zero-order valence-electron chi connectivity index (χ0n) is 36.7. The van der Waals surface area contributed by atoms with Crippen LogP contribution in [0.15, 0.2) is 0 Å². The molecule has 0 heterocycles. The molecule has 1 atom stereocenters. The van der Waals surface area contributed by atoms with Gasteiger partial charge in [0.25, 0.3) is 0 Å². The molecule has 0 aliphatic carbocycles. The Bertz CT molecular complexity index is 811. The fourth-order valence-electron chi connectivity index (χ4n) is 7.16. The molecule has 0 unspecified atom stereocenters. The first-order chi connectivity index (χ1) is 26.4. The van der Waals surface area contributed by atoms with Gasteiger partial charge in [0.1, 0.15) is 13.2 Å². The number of ether oxygens (including phenoxy) is 3. The third kappa shape index (κ3) is 41.6. The van der Waals surface area contributed by atoms with E-state index in [1.54, 1.807) is 0 Å². The number of unbranched alkanes of at least 4 members (excludes halogenated alkanes) is 30. The maximum atomic E-state index is 12.7. The van der Waals surface area contributed by atoms with Crippen molar-refractivity contribution in [1.82, 2.24) is 0 Å². The van der Waals surface area contributed by atoms with E-state index in [0.29, 0.717) is 19.3 Å². The van der Waals surface area contributed by atoms with E-state index >= 15 is 0 Å². The van der Waals surface area contributed by atoms with Crippen molar-refractivity contribution in [2.24, 2.45) is 5.92 Å². The van der Waals surface area contributed by atoms with Gasteiger partial charge in [-0.05, 0) is 25.2 Å². The molecule has 54 heavy (non-hydrogen) atoms. The summed E-state index contributed by atoms with van der Waals surface area (Å²) in [6.45, 7) is 8.98. The maximum Gasteiger partial charge on any atom is 0.306 e. The van der Waals surface area contributed by atoms with Crippen molar-refractivity contribution in [3.05, 3.63) is 0 Å². The summed E-state index contributed by atoms with van der Waals surface area (Å²) in [6.07, 6.45) is 42.2. The van der Waals surface area contributed by atoms with Gasteiger partial charge in [0.2, 0.25) is 0 Å². The molecular formula is C48H92O6. The number of rotatable bonds is 43. The summed E-state index contributed by atoms with van der Waals surface area (Å²) >= 11 is 0. The van der Waals surface area contributed by atoms with Crippen LogP contribution >= 0.6 is 0 Å². The van der Waals surface area contributed by atoms with Crippen LogP contribution in [0, 0.1) is 5.92 Å². The van der Waals surface area contributed by atoms with Crippen LogP contribution in [0.5, 0.6) is 0 Å². The summed E-state index contributed by atoms with van der Waals surface area (Å²) in [4.78, 5) is 37.8. The van der Waals surface area contributed by atoms with E-state index in [1.807, 2.05) is 0 Å². The van der Waals surface area contributed by atoms with E-state index in [-0.39, 0.29) is 31.1 Å². The summed E-state index contributed by atoms with van der Waals surface area (Å²) in [7, 11) is 0. The molecule has 0 amide bonds. The zero-order chi connectivity index (χ0) is 39.6. The van der Waals surface area contributed by atoms with Gasteiger partial charge in [-0.1, -0.05) is 227 Å². The molecule has 0 saturated carbocycles. The molecule has 0 bridgehead atoms. The monoisotopic (exact) mass is 765 g/mol. The largest absolute Gasteiger partial charge is 0.462 e. The van der Waals surface area contributed by atoms with Crippen LogP contribution in [0.2, 0.25) is 0 Å². The van der Waals surface area contributed by atoms with Crippen molar-refractivity contribution in [3.8, 4) is 0 Å². The van der Waals surface area contributed by atoms with Gasteiger partial charge in [0.15, 0.2) is 6.10 Å². The zero-order valence-corrected chi connectivity index (χ0v) is 36.7. The fraction of sp³-hybridized carbons (Fsp3) is 0.938. The first kappa shape index (κ1) is 52.4. The molecular weight excluding hydrogens is 673 g/mol. The highest BCUT2D eigenvalue weighted by Crippen LogP contribution is 2.16. The number of carbonyl (C=O) groups excluding carboxylic acids is 3. The van der Waals surface area contributed by atoms with E-state index in [9.17, 15) is 14.4 Å². The van der Waals surface area contributed by atoms with E-state index < -0.39 is 6.10 Å². The molecule has 0 aromatic carbocycles. The Balaban J connectivity index is 4.32. The number of hydrogen-bond donors (Lipinski definition) is 0. The van der Waals surface area contributed by atoms with Gasteiger partial charge in [-0.3, -0.25) is 14.4 Å². The molecule has 0 rings (SSSR count). The third-order valence-electron chi connectivity index (χ3n) is 10.8. The molecule has 0 aliphatic heterocycles. The van der Waals surface area contributed by atoms with Crippen LogP contribution in [0.25, 0.3) is 0 Å². The predicted octanol–water partition coefficient (Wildman–Crippen LogP) is 15.1. The molecule has 0 aromatic rings. The first-order valence-corrected chi connectivity index (χ1v) is 23.9. The minimum atomic E-state index is -0.759. The Kier molecular flexibility index (Phi) is 41.3. The quantitative estimate of drug-likeness (QED) is 0.0349. The number of hydrogen-bond acceptors (Lipinski definition) is 6. The van der Waals surface area contributed by atoms with Gasteiger partial charge in [-0.25, -0.2) is 0 Å². The van der Waals surface area contributed by atoms with E-state index in [0.717, 1.165) is 63.7 Å². The lowest BCUT2D eigenvalue weighted by Crippen LogP contribution is -2.30. The van der Waals surface area contributed by atoms with Crippen LogP contribution in [0.3, 0.4) is 0 Å². The number of esters is 3. The smallest absolute Gasteiger partial charge is 0.306 e. The Morgan fingerprint density at radius 1 is 0.352 bits per heavy atom.